The van der Waals surface area contributed by atoms with E-state index >= 15 is 0 Å². The summed E-state index contributed by atoms with van der Waals surface area (Å²) in [5, 5.41) is 3.28. The van der Waals surface area contributed by atoms with Crippen molar-refractivity contribution in [1.82, 2.24) is 4.98 Å². The van der Waals surface area contributed by atoms with Crippen LogP contribution in [0.4, 0.5) is 5.82 Å². The molecule has 2 rings (SSSR count). The first-order valence-corrected chi connectivity index (χ1v) is 5.75. The van der Waals surface area contributed by atoms with E-state index in [1.807, 2.05) is 43.5 Å². The SMILES string of the molecule is CC(N)c1ccc(NCc2ccccc2)nc1. The lowest BCUT2D eigenvalue weighted by molar-refractivity contribution is 0.811. The Kier molecular flexibility index (Phi) is 3.73. The van der Waals surface area contributed by atoms with Crippen molar-refractivity contribution in [2.45, 2.75) is 19.5 Å². The molecule has 0 amide bonds. The van der Waals surface area contributed by atoms with E-state index in [4.69, 9.17) is 5.73 Å². The summed E-state index contributed by atoms with van der Waals surface area (Å²) in [6, 6.07) is 14.2. The van der Waals surface area contributed by atoms with Crippen LogP contribution in [0.1, 0.15) is 24.1 Å². The fraction of sp³-hybridized carbons (Fsp3) is 0.214. The van der Waals surface area contributed by atoms with E-state index in [0.29, 0.717) is 0 Å². The number of benzene rings is 1. The van der Waals surface area contributed by atoms with E-state index < -0.39 is 0 Å². The predicted octanol–water partition coefficient (Wildman–Crippen LogP) is 2.71. The molecule has 3 N–H and O–H groups in total. The van der Waals surface area contributed by atoms with E-state index in [1.165, 1.54) is 5.56 Å². The molecule has 1 aromatic carbocycles. The summed E-state index contributed by atoms with van der Waals surface area (Å²) < 4.78 is 0. The van der Waals surface area contributed by atoms with Gasteiger partial charge in [0.2, 0.25) is 0 Å². The number of pyridine rings is 1. The van der Waals surface area contributed by atoms with Gasteiger partial charge in [-0.1, -0.05) is 36.4 Å². The van der Waals surface area contributed by atoms with Crippen molar-refractivity contribution in [3.8, 4) is 0 Å². The maximum Gasteiger partial charge on any atom is 0.126 e. The Morgan fingerprint density at radius 2 is 1.94 bits per heavy atom. The highest BCUT2D eigenvalue weighted by Gasteiger charge is 1.99. The van der Waals surface area contributed by atoms with Gasteiger partial charge >= 0.3 is 0 Å². The molecule has 0 spiro atoms. The van der Waals surface area contributed by atoms with Gasteiger partial charge < -0.3 is 11.1 Å². The van der Waals surface area contributed by atoms with Gasteiger partial charge in [-0.3, -0.25) is 0 Å². The second kappa shape index (κ2) is 5.46. The first kappa shape index (κ1) is 11.6. The minimum Gasteiger partial charge on any atom is -0.366 e. The van der Waals surface area contributed by atoms with Crippen LogP contribution in [0.25, 0.3) is 0 Å². The molecule has 0 aliphatic carbocycles. The van der Waals surface area contributed by atoms with Crippen molar-refractivity contribution in [2.24, 2.45) is 5.73 Å². The van der Waals surface area contributed by atoms with Crippen molar-refractivity contribution in [1.29, 1.82) is 0 Å². The molecular weight excluding hydrogens is 210 g/mol. The number of nitrogens with one attached hydrogen (secondary N) is 1. The molecule has 0 fully saturated rings. The lowest BCUT2D eigenvalue weighted by Crippen LogP contribution is -2.06. The molecule has 17 heavy (non-hydrogen) atoms. The van der Waals surface area contributed by atoms with Crippen LogP contribution in [0.3, 0.4) is 0 Å². The molecule has 1 aromatic heterocycles. The molecule has 0 aliphatic rings. The molecule has 1 unspecified atom stereocenters. The quantitative estimate of drug-likeness (QED) is 0.844. The van der Waals surface area contributed by atoms with E-state index in [0.717, 1.165) is 17.9 Å². The monoisotopic (exact) mass is 227 g/mol. The third-order valence-corrected chi connectivity index (χ3v) is 2.63. The molecule has 3 heteroatoms. The molecule has 0 saturated carbocycles. The van der Waals surface area contributed by atoms with Gasteiger partial charge in [-0.15, -0.1) is 0 Å². The predicted molar refractivity (Wildman–Crippen MR) is 70.6 cm³/mol. The topological polar surface area (TPSA) is 50.9 Å². The van der Waals surface area contributed by atoms with E-state index in [1.54, 1.807) is 0 Å². The molecular formula is C14H17N3. The van der Waals surface area contributed by atoms with E-state index in [-0.39, 0.29) is 6.04 Å². The number of hydrogen-bond donors (Lipinski definition) is 2. The van der Waals surface area contributed by atoms with Crippen LogP contribution >= 0.6 is 0 Å². The standard InChI is InChI=1S/C14H17N3/c1-11(15)13-7-8-14(17-10-13)16-9-12-5-3-2-4-6-12/h2-8,10-11H,9,15H2,1H3,(H,16,17). The molecule has 3 nitrogen and oxygen atoms in total. The summed E-state index contributed by atoms with van der Waals surface area (Å²) in [6.07, 6.45) is 1.82. The maximum atomic E-state index is 5.77. The average molecular weight is 227 g/mol. The Hall–Kier alpha value is -1.87. The van der Waals surface area contributed by atoms with Gasteiger partial charge in [-0.2, -0.15) is 0 Å². The second-order valence-corrected chi connectivity index (χ2v) is 4.10. The van der Waals surface area contributed by atoms with Crippen LogP contribution < -0.4 is 11.1 Å². The van der Waals surface area contributed by atoms with Crippen molar-refractivity contribution in [2.75, 3.05) is 5.32 Å². The zero-order chi connectivity index (χ0) is 12.1. The Balaban J connectivity index is 1.96. The molecule has 1 heterocycles. The Bertz CT molecular complexity index is 449. The number of hydrogen-bond acceptors (Lipinski definition) is 3. The average Bonchev–Trinajstić information content (AvgIpc) is 2.38. The highest BCUT2D eigenvalue weighted by atomic mass is 15.0. The van der Waals surface area contributed by atoms with Crippen LogP contribution in [-0.4, -0.2) is 4.98 Å². The second-order valence-electron chi connectivity index (χ2n) is 4.10. The fourth-order valence-electron chi connectivity index (χ4n) is 1.57. The number of aromatic nitrogens is 1. The van der Waals surface area contributed by atoms with Crippen LogP contribution in [0.15, 0.2) is 48.7 Å². The van der Waals surface area contributed by atoms with Gasteiger partial charge in [-0.05, 0) is 24.1 Å². The summed E-state index contributed by atoms with van der Waals surface area (Å²) >= 11 is 0. The minimum absolute atomic E-state index is 0.0330. The number of rotatable bonds is 4. The lowest BCUT2D eigenvalue weighted by atomic mass is 10.1. The maximum absolute atomic E-state index is 5.77. The van der Waals surface area contributed by atoms with Gasteiger partial charge in [0.1, 0.15) is 5.82 Å². The summed E-state index contributed by atoms with van der Waals surface area (Å²) in [5.41, 5.74) is 8.06. The zero-order valence-corrected chi connectivity index (χ0v) is 9.93. The molecule has 2 aromatic rings. The smallest absolute Gasteiger partial charge is 0.126 e. The molecule has 88 valence electrons. The summed E-state index contributed by atoms with van der Waals surface area (Å²) in [7, 11) is 0. The largest absolute Gasteiger partial charge is 0.366 e. The molecule has 0 radical (unpaired) electrons. The fourth-order valence-corrected chi connectivity index (χ4v) is 1.57. The Morgan fingerprint density at radius 1 is 1.18 bits per heavy atom. The van der Waals surface area contributed by atoms with E-state index in [9.17, 15) is 0 Å². The van der Waals surface area contributed by atoms with Crippen LogP contribution in [0, 0.1) is 0 Å². The lowest BCUT2D eigenvalue weighted by Gasteiger charge is -2.08. The van der Waals surface area contributed by atoms with Crippen LogP contribution in [0.5, 0.6) is 0 Å². The van der Waals surface area contributed by atoms with Gasteiger partial charge in [-0.25, -0.2) is 4.98 Å². The van der Waals surface area contributed by atoms with Crippen LogP contribution in [0.2, 0.25) is 0 Å². The third-order valence-electron chi connectivity index (χ3n) is 2.63. The van der Waals surface area contributed by atoms with Crippen LogP contribution in [-0.2, 0) is 6.54 Å². The molecule has 0 bridgehead atoms. The highest BCUT2D eigenvalue weighted by Crippen LogP contribution is 2.11. The number of anilines is 1. The van der Waals surface area contributed by atoms with Gasteiger partial charge in [0.25, 0.3) is 0 Å². The Labute approximate surface area is 102 Å². The van der Waals surface area contributed by atoms with Crippen molar-refractivity contribution >= 4 is 5.82 Å². The summed E-state index contributed by atoms with van der Waals surface area (Å²) in [4.78, 5) is 4.32. The summed E-state index contributed by atoms with van der Waals surface area (Å²) in [5.74, 6) is 0.873. The normalized spacial score (nSPS) is 12.1. The van der Waals surface area contributed by atoms with E-state index in [2.05, 4.69) is 22.4 Å². The summed E-state index contributed by atoms with van der Waals surface area (Å²) in [6.45, 7) is 2.74. The molecule has 0 saturated heterocycles. The molecule has 1 atom stereocenters. The number of nitrogens with two attached hydrogens (primary N) is 1. The third kappa shape index (κ3) is 3.29. The first-order chi connectivity index (χ1) is 8.25. The van der Waals surface area contributed by atoms with Crippen molar-refractivity contribution < 1.29 is 0 Å². The molecule has 0 aliphatic heterocycles. The zero-order valence-electron chi connectivity index (χ0n) is 9.93. The van der Waals surface area contributed by atoms with Gasteiger partial charge in [0, 0.05) is 18.8 Å². The highest BCUT2D eigenvalue weighted by molar-refractivity contribution is 5.37. The Morgan fingerprint density at radius 3 is 2.53 bits per heavy atom. The van der Waals surface area contributed by atoms with Crippen molar-refractivity contribution in [3.05, 3.63) is 59.8 Å². The minimum atomic E-state index is 0.0330. The number of nitrogens with zero attached hydrogens (tertiary/aromatic N) is 1. The van der Waals surface area contributed by atoms with Gasteiger partial charge in [0.15, 0.2) is 0 Å². The van der Waals surface area contributed by atoms with Crippen molar-refractivity contribution in [3.63, 3.8) is 0 Å². The first-order valence-electron chi connectivity index (χ1n) is 5.75. The van der Waals surface area contributed by atoms with Gasteiger partial charge in [0.05, 0.1) is 0 Å².